The molecule has 0 radical (unpaired) electrons. The van der Waals surface area contributed by atoms with Gasteiger partial charge in [0.2, 0.25) is 5.91 Å². The summed E-state index contributed by atoms with van der Waals surface area (Å²) in [6.07, 6.45) is 1.13. The van der Waals surface area contributed by atoms with E-state index in [0.717, 1.165) is 11.1 Å². The first-order valence-corrected chi connectivity index (χ1v) is 10.2. The molecule has 5 heteroatoms. The Labute approximate surface area is 168 Å². The summed E-state index contributed by atoms with van der Waals surface area (Å²) in [5, 5.41) is 2.05. The van der Waals surface area contributed by atoms with Crippen molar-refractivity contribution in [2.75, 3.05) is 13.1 Å². The van der Waals surface area contributed by atoms with E-state index in [1.807, 2.05) is 36.4 Å². The standard InChI is InChI=1S/C23H22N2O2S/c24-22(27)23(11-12-25(16-23)21(26)18-7-2-1-3-8-18)15-17-6-4-9-19(14-17)20-10-5-13-28-20/h1-10,13-14H,11-12,15-16H2,(H2,24,27)/t23-/m0/s1. The lowest BCUT2D eigenvalue weighted by Gasteiger charge is -2.26. The number of likely N-dealkylation sites (tertiary alicyclic amines) is 1. The first kappa shape index (κ1) is 18.4. The Morgan fingerprint density at radius 1 is 1.04 bits per heavy atom. The fraction of sp³-hybridized carbons (Fsp3) is 0.217. The van der Waals surface area contributed by atoms with E-state index in [1.54, 1.807) is 28.4 Å². The number of carbonyl (C=O) groups excluding carboxylic acids is 2. The Kier molecular flexibility index (Phi) is 5.01. The van der Waals surface area contributed by atoms with Crippen LogP contribution in [0.25, 0.3) is 10.4 Å². The molecular weight excluding hydrogens is 368 g/mol. The third kappa shape index (κ3) is 3.58. The van der Waals surface area contributed by atoms with Crippen molar-refractivity contribution in [3.8, 4) is 10.4 Å². The Morgan fingerprint density at radius 2 is 1.86 bits per heavy atom. The summed E-state index contributed by atoms with van der Waals surface area (Å²) in [5.41, 5.74) is 7.97. The van der Waals surface area contributed by atoms with Crippen LogP contribution >= 0.6 is 11.3 Å². The normalized spacial score (nSPS) is 18.9. The summed E-state index contributed by atoms with van der Waals surface area (Å²) in [6, 6.07) is 21.5. The van der Waals surface area contributed by atoms with Gasteiger partial charge in [-0.1, -0.05) is 48.5 Å². The molecule has 0 bridgehead atoms. The maximum absolute atomic E-state index is 12.8. The van der Waals surface area contributed by atoms with E-state index in [0.29, 0.717) is 31.5 Å². The smallest absolute Gasteiger partial charge is 0.253 e. The highest BCUT2D eigenvalue weighted by atomic mass is 32.1. The summed E-state index contributed by atoms with van der Waals surface area (Å²) in [7, 11) is 0. The minimum Gasteiger partial charge on any atom is -0.369 e. The summed E-state index contributed by atoms with van der Waals surface area (Å²) < 4.78 is 0. The molecule has 0 unspecified atom stereocenters. The van der Waals surface area contributed by atoms with Crippen LogP contribution in [0.3, 0.4) is 0 Å². The first-order chi connectivity index (χ1) is 13.6. The quantitative estimate of drug-likeness (QED) is 0.716. The zero-order valence-electron chi connectivity index (χ0n) is 15.5. The van der Waals surface area contributed by atoms with Crippen LogP contribution < -0.4 is 5.73 Å². The highest BCUT2D eigenvalue weighted by molar-refractivity contribution is 7.13. The Hall–Kier alpha value is -2.92. The molecule has 2 N–H and O–H groups in total. The summed E-state index contributed by atoms with van der Waals surface area (Å²) in [6.45, 7) is 0.903. The minimum absolute atomic E-state index is 0.0453. The number of hydrogen-bond donors (Lipinski definition) is 1. The molecule has 1 aliphatic rings. The number of thiophene rings is 1. The topological polar surface area (TPSA) is 63.4 Å². The SMILES string of the molecule is NC(=O)[C@]1(Cc2cccc(-c3cccs3)c2)CCN(C(=O)c2ccccc2)C1. The van der Waals surface area contributed by atoms with Gasteiger partial charge < -0.3 is 10.6 Å². The lowest BCUT2D eigenvalue weighted by atomic mass is 9.80. The van der Waals surface area contributed by atoms with Crippen molar-refractivity contribution in [2.24, 2.45) is 11.1 Å². The lowest BCUT2D eigenvalue weighted by molar-refractivity contribution is -0.126. The molecule has 2 heterocycles. The first-order valence-electron chi connectivity index (χ1n) is 9.34. The van der Waals surface area contributed by atoms with Crippen molar-refractivity contribution in [1.82, 2.24) is 4.90 Å². The molecular formula is C23H22N2O2S. The fourth-order valence-electron chi connectivity index (χ4n) is 3.91. The van der Waals surface area contributed by atoms with Gasteiger partial charge in [0, 0.05) is 23.5 Å². The van der Waals surface area contributed by atoms with Crippen LogP contribution in [0.4, 0.5) is 0 Å². The second-order valence-corrected chi connectivity index (χ2v) is 8.29. The molecule has 0 spiro atoms. The molecule has 1 saturated heterocycles. The molecule has 0 aliphatic carbocycles. The van der Waals surface area contributed by atoms with E-state index >= 15 is 0 Å². The van der Waals surface area contributed by atoms with Gasteiger partial charge in [-0.3, -0.25) is 9.59 Å². The van der Waals surface area contributed by atoms with E-state index in [-0.39, 0.29) is 11.8 Å². The molecule has 4 nitrogen and oxygen atoms in total. The maximum Gasteiger partial charge on any atom is 0.253 e. The summed E-state index contributed by atoms with van der Waals surface area (Å²) in [5.74, 6) is -0.381. The largest absolute Gasteiger partial charge is 0.369 e. The van der Waals surface area contributed by atoms with Crippen molar-refractivity contribution in [3.63, 3.8) is 0 Å². The van der Waals surface area contributed by atoms with Crippen molar-refractivity contribution in [1.29, 1.82) is 0 Å². The Morgan fingerprint density at radius 3 is 2.57 bits per heavy atom. The molecule has 0 saturated carbocycles. The van der Waals surface area contributed by atoms with Crippen LogP contribution in [-0.2, 0) is 11.2 Å². The van der Waals surface area contributed by atoms with Gasteiger partial charge in [-0.25, -0.2) is 0 Å². The number of hydrogen-bond acceptors (Lipinski definition) is 3. The second-order valence-electron chi connectivity index (χ2n) is 7.34. The van der Waals surface area contributed by atoms with Crippen LogP contribution in [0.5, 0.6) is 0 Å². The van der Waals surface area contributed by atoms with Crippen molar-refractivity contribution >= 4 is 23.2 Å². The molecule has 28 heavy (non-hydrogen) atoms. The van der Waals surface area contributed by atoms with Gasteiger partial charge in [0.05, 0.1) is 5.41 Å². The Bertz CT molecular complexity index is 985. The van der Waals surface area contributed by atoms with Crippen molar-refractivity contribution in [2.45, 2.75) is 12.8 Å². The number of primary amides is 1. The predicted octanol–water partition coefficient (Wildman–Crippen LogP) is 3.98. The van der Waals surface area contributed by atoms with Gasteiger partial charge in [-0.05, 0) is 47.5 Å². The minimum atomic E-state index is -0.724. The molecule has 1 atom stereocenters. The van der Waals surface area contributed by atoms with E-state index in [1.165, 1.54) is 4.88 Å². The molecule has 3 aromatic rings. The lowest BCUT2D eigenvalue weighted by Crippen LogP contribution is -2.42. The van der Waals surface area contributed by atoms with Crippen LogP contribution in [0.15, 0.2) is 72.1 Å². The van der Waals surface area contributed by atoms with Gasteiger partial charge in [-0.2, -0.15) is 0 Å². The summed E-state index contributed by atoms with van der Waals surface area (Å²) in [4.78, 5) is 28.2. The predicted molar refractivity (Wildman–Crippen MR) is 112 cm³/mol. The van der Waals surface area contributed by atoms with Crippen LogP contribution in [0, 0.1) is 5.41 Å². The molecule has 1 fully saturated rings. The Balaban J connectivity index is 1.56. The molecule has 1 aliphatic heterocycles. The monoisotopic (exact) mass is 390 g/mol. The van der Waals surface area contributed by atoms with Gasteiger partial charge >= 0.3 is 0 Å². The van der Waals surface area contributed by atoms with E-state index in [9.17, 15) is 9.59 Å². The van der Waals surface area contributed by atoms with E-state index in [2.05, 4.69) is 23.6 Å². The van der Waals surface area contributed by atoms with Gasteiger partial charge in [0.25, 0.3) is 5.91 Å². The number of nitrogens with zero attached hydrogens (tertiary/aromatic N) is 1. The summed E-state index contributed by atoms with van der Waals surface area (Å²) >= 11 is 1.69. The zero-order chi connectivity index (χ0) is 19.6. The van der Waals surface area contributed by atoms with Gasteiger partial charge in [-0.15, -0.1) is 11.3 Å². The van der Waals surface area contributed by atoms with Crippen LogP contribution in [0.2, 0.25) is 0 Å². The number of benzene rings is 2. The molecule has 142 valence electrons. The third-order valence-corrected chi connectivity index (χ3v) is 6.38. The maximum atomic E-state index is 12.8. The van der Waals surface area contributed by atoms with Gasteiger partial charge in [0.1, 0.15) is 0 Å². The second kappa shape index (κ2) is 7.60. The molecule has 2 amide bonds. The fourth-order valence-corrected chi connectivity index (χ4v) is 4.63. The van der Waals surface area contributed by atoms with E-state index in [4.69, 9.17) is 5.73 Å². The van der Waals surface area contributed by atoms with E-state index < -0.39 is 5.41 Å². The molecule has 4 rings (SSSR count). The molecule has 2 aromatic carbocycles. The van der Waals surface area contributed by atoms with Crippen LogP contribution in [0.1, 0.15) is 22.3 Å². The number of carbonyl (C=O) groups is 2. The number of nitrogens with two attached hydrogens (primary N) is 1. The number of rotatable bonds is 5. The number of amides is 2. The highest BCUT2D eigenvalue weighted by Gasteiger charge is 2.44. The highest BCUT2D eigenvalue weighted by Crippen LogP contribution is 2.36. The average molecular weight is 391 g/mol. The molecule has 1 aromatic heterocycles. The van der Waals surface area contributed by atoms with Crippen LogP contribution in [-0.4, -0.2) is 29.8 Å². The third-order valence-electron chi connectivity index (χ3n) is 5.46. The van der Waals surface area contributed by atoms with Crippen molar-refractivity contribution in [3.05, 3.63) is 83.2 Å². The van der Waals surface area contributed by atoms with Crippen molar-refractivity contribution < 1.29 is 9.59 Å². The average Bonchev–Trinajstić information content (AvgIpc) is 3.39. The zero-order valence-corrected chi connectivity index (χ0v) is 16.3. The van der Waals surface area contributed by atoms with Gasteiger partial charge in [0.15, 0.2) is 0 Å².